The number of pyridine rings is 1. The van der Waals surface area contributed by atoms with Gasteiger partial charge in [-0.2, -0.15) is 0 Å². The van der Waals surface area contributed by atoms with E-state index in [1.54, 1.807) is 30.2 Å². The minimum absolute atomic E-state index is 0.0142. The molecule has 2 aromatic rings. The van der Waals surface area contributed by atoms with E-state index < -0.39 is 4.92 Å². The molecule has 6 nitrogen and oxygen atoms in total. The third-order valence-electron chi connectivity index (χ3n) is 2.08. The van der Waals surface area contributed by atoms with E-state index in [-0.39, 0.29) is 5.69 Å². The second-order valence-corrected chi connectivity index (χ2v) is 4.36. The Hall–Kier alpha value is -1.89. The van der Waals surface area contributed by atoms with Crippen LogP contribution in [0.4, 0.5) is 5.69 Å². The summed E-state index contributed by atoms with van der Waals surface area (Å²) in [7, 11) is 0. The highest BCUT2D eigenvalue weighted by Crippen LogP contribution is 2.18. The Labute approximate surface area is 102 Å². The molecule has 0 radical (unpaired) electrons. The van der Waals surface area contributed by atoms with Gasteiger partial charge in [-0.15, -0.1) is 11.8 Å². The van der Waals surface area contributed by atoms with E-state index in [0.29, 0.717) is 0 Å². The van der Waals surface area contributed by atoms with Crippen LogP contribution in [-0.2, 0) is 6.42 Å². The van der Waals surface area contributed by atoms with Gasteiger partial charge >= 0.3 is 0 Å². The largest absolute Gasteiger partial charge is 0.349 e. The van der Waals surface area contributed by atoms with Crippen molar-refractivity contribution in [2.45, 2.75) is 11.4 Å². The van der Waals surface area contributed by atoms with Gasteiger partial charge in [-0.25, -0.2) is 9.97 Å². The van der Waals surface area contributed by atoms with Crippen molar-refractivity contribution in [3.05, 3.63) is 46.7 Å². The van der Waals surface area contributed by atoms with Crippen LogP contribution in [0.25, 0.3) is 0 Å². The number of aromatic amines is 1. The monoisotopic (exact) mass is 250 g/mol. The predicted octanol–water partition coefficient (Wildman–Crippen LogP) is 2.05. The molecule has 0 atom stereocenters. The average Bonchev–Trinajstić information content (AvgIpc) is 2.83. The number of nitrogens with zero attached hydrogens (tertiary/aromatic N) is 3. The quantitative estimate of drug-likeness (QED) is 0.498. The molecule has 0 saturated carbocycles. The Kier molecular flexibility index (Phi) is 3.71. The van der Waals surface area contributed by atoms with E-state index in [2.05, 4.69) is 15.0 Å². The summed E-state index contributed by atoms with van der Waals surface area (Å²) in [5, 5.41) is 11.2. The van der Waals surface area contributed by atoms with E-state index >= 15 is 0 Å². The maximum absolute atomic E-state index is 10.4. The maximum atomic E-state index is 10.4. The number of H-pyrrole nitrogens is 1. The molecular weight excluding hydrogens is 240 g/mol. The number of nitrogens with one attached hydrogen (secondary N) is 1. The molecule has 2 rings (SSSR count). The third-order valence-corrected chi connectivity index (χ3v) is 3.02. The number of nitro groups is 1. The second-order valence-electron chi connectivity index (χ2n) is 3.25. The highest BCUT2D eigenvalue weighted by Gasteiger charge is 2.05. The van der Waals surface area contributed by atoms with Gasteiger partial charge in [0.25, 0.3) is 5.69 Å². The number of rotatable bonds is 5. The van der Waals surface area contributed by atoms with Gasteiger partial charge in [0.05, 0.1) is 9.95 Å². The van der Waals surface area contributed by atoms with Gasteiger partial charge < -0.3 is 4.98 Å². The Morgan fingerprint density at radius 1 is 1.41 bits per heavy atom. The van der Waals surface area contributed by atoms with Crippen LogP contribution in [0.2, 0.25) is 0 Å². The van der Waals surface area contributed by atoms with Crippen LogP contribution in [0.1, 0.15) is 5.82 Å². The molecule has 0 amide bonds. The zero-order valence-electron chi connectivity index (χ0n) is 8.87. The molecule has 0 saturated heterocycles. The lowest BCUT2D eigenvalue weighted by Gasteiger charge is -1.98. The molecule has 0 aliphatic heterocycles. The summed E-state index contributed by atoms with van der Waals surface area (Å²) >= 11 is 1.55. The molecule has 88 valence electrons. The SMILES string of the molecule is O=[N+]([O-])c1ccc(SCCc2ncc[nH]2)nc1. The van der Waals surface area contributed by atoms with Crippen molar-refractivity contribution in [3.63, 3.8) is 0 Å². The smallest absolute Gasteiger partial charge is 0.287 e. The Morgan fingerprint density at radius 3 is 2.88 bits per heavy atom. The molecule has 0 spiro atoms. The summed E-state index contributed by atoms with van der Waals surface area (Å²) in [6.45, 7) is 0. The minimum atomic E-state index is -0.454. The Balaban J connectivity index is 1.85. The Bertz CT molecular complexity index is 484. The lowest BCUT2D eigenvalue weighted by Crippen LogP contribution is -1.93. The number of aromatic nitrogens is 3. The third kappa shape index (κ3) is 3.28. The molecule has 7 heteroatoms. The highest BCUT2D eigenvalue weighted by atomic mass is 32.2. The Morgan fingerprint density at radius 2 is 2.29 bits per heavy atom. The molecule has 2 heterocycles. The molecule has 17 heavy (non-hydrogen) atoms. The van der Waals surface area contributed by atoms with Crippen molar-refractivity contribution >= 4 is 17.4 Å². The fourth-order valence-corrected chi connectivity index (χ4v) is 2.05. The van der Waals surface area contributed by atoms with Gasteiger partial charge in [-0.05, 0) is 6.07 Å². The lowest BCUT2D eigenvalue weighted by atomic mass is 10.4. The molecule has 0 fully saturated rings. The topological polar surface area (TPSA) is 84.7 Å². The summed E-state index contributed by atoms with van der Waals surface area (Å²) in [4.78, 5) is 21.1. The van der Waals surface area contributed by atoms with Gasteiger partial charge in [0.15, 0.2) is 0 Å². The lowest BCUT2D eigenvalue weighted by molar-refractivity contribution is -0.385. The molecule has 0 aliphatic rings. The zero-order valence-corrected chi connectivity index (χ0v) is 9.68. The van der Waals surface area contributed by atoms with Crippen molar-refractivity contribution in [1.29, 1.82) is 0 Å². The number of aryl methyl sites for hydroxylation is 1. The zero-order chi connectivity index (χ0) is 12.1. The predicted molar refractivity (Wildman–Crippen MR) is 63.9 cm³/mol. The number of hydrogen-bond donors (Lipinski definition) is 1. The summed E-state index contributed by atoms with van der Waals surface area (Å²) in [5.41, 5.74) is 0.0142. The fraction of sp³-hybridized carbons (Fsp3) is 0.200. The standard InChI is InChI=1S/C10H10N4O2S/c15-14(16)8-1-2-10(13-7-8)17-6-3-9-11-4-5-12-9/h1-2,4-5,7H,3,6H2,(H,11,12). The summed E-state index contributed by atoms with van der Waals surface area (Å²) in [5.74, 6) is 1.76. The molecular formula is C10H10N4O2S. The maximum Gasteiger partial charge on any atom is 0.287 e. The van der Waals surface area contributed by atoms with Crippen LogP contribution >= 0.6 is 11.8 Å². The van der Waals surface area contributed by atoms with Crippen LogP contribution in [0.3, 0.4) is 0 Å². The molecule has 1 N–H and O–H groups in total. The van der Waals surface area contributed by atoms with Gasteiger partial charge in [0.2, 0.25) is 0 Å². The van der Waals surface area contributed by atoms with Crippen molar-refractivity contribution in [3.8, 4) is 0 Å². The van der Waals surface area contributed by atoms with Crippen molar-refractivity contribution < 1.29 is 4.92 Å². The second kappa shape index (κ2) is 5.44. The summed E-state index contributed by atoms with van der Waals surface area (Å²) in [6, 6.07) is 3.12. The van der Waals surface area contributed by atoms with Crippen molar-refractivity contribution in [2.24, 2.45) is 0 Å². The van der Waals surface area contributed by atoms with Gasteiger partial charge in [0, 0.05) is 30.6 Å². The first kappa shape index (κ1) is 11.6. The first-order valence-corrected chi connectivity index (χ1v) is 5.96. The number of hydrogen-bond acceptors (Lipinski definition) is 5. The van der Waals surface area contributed by atoms with E-state index in [4.69, 9.17) is 0 Å². The van der Waals surface area contributed by atoms with Crippen LogP contribution in [-0.4, -0.2) is 25.6 Å². The van der Waals surface area contributed by atoms with E-state index in [1.165, 1.54) is 12.3 Å². The summed E-state index contributed by atoms with van der Waals surface area (Å²) < 4.78 is 0. The first-order chi connectivity index (χ1) is 8.25. The number of thioether (sulfide) groups is 1. The van der Waals surface area contributed by atoms with Crippen LogP contribution in [0, 0.1) is 10.1 Å². The van der Waals surface area contributed by atoms with Crippen molar-refractivity contribution in [1.82, 2.24) is 15.0 Å². The van der Waals surface area contributed by atoms with Gasteiger partial charge in [-0.3, -0.25) is 10.1 Å². The first-order valence-electron chi connectivity index (χ1n) is 4.97. The molecule has 0 aliphatic carbocycles. The molecule has 0 bridgehead atoms. The van der Waals surface area contributed by atoms with E-state index in [0.717, 1.165) is 23.0 Å². The molecule has 2 aromatic heterocycles. The molecule has 0 aromatic carbocycles. The minimum Gasteiger partial charge on any atom is -0.349 e. The highest BCUT2D eigenvalue weighted by molar-refractivity contribution is 7.99. The van der Waals surface area contributed by atoms with Crippen LogP contribution in [0.5, 0.6) is 0 Å². The van der Waals surface area contributed by atoms with Gasteiger partial charge in [-0.1, -0.05) is 0 Å². The van der Waals surface area contributed by atoms with E-state index in [9.17, 15) is 10.1 Å². The summed E-state index contributed by atoms with van der Waals surface area (Å²) in [6.07, 6.45) is 5.58. The fourth-order valence-electron chi connectivity index (χ4n) is 1.25. The average molecular weight is 250 g/mol. The van der Waals surface area contributed by atoms with Crippen LogP contribution in [0.15, 0.2) is 35.7 Å². The molecule has 0 unspecified atom stereocenters. The normalized spacial score (nSPS) is 10.4. The van der Waals surface area contributed by atoms with Crippen molar-refractivity contribution in [2.75, 3.05) is 5.75 Å². The number of imidazole rings is 1. The van der Waals surface area contributed by atoms with E-state index in [1.807, 2.05) is 0 Å². The van der Waals surface area contributed by atoms with Gasteiger partial charge in [0.1, 0.15) is 12.0 Å². The van der Waals surface area contributed by atoms with Crippen LogP contribution < -0.4 is 0 Å².